The van der Waals surface area contributed by atoms with Gasteiger partial charge in [0.05, 0.1) is 13.2 Å². The van der Waals surface area contributed by atoms with Crippen molar-refractivity contribution in [3.05, 3.63) is 48.6 Å². The molecule has 0 bridgehead atoms. The monoisotopic (exact) mass is 765 g/mol. The molecule has 1 fully saturated rings. The topological polar surface area (TPSA) is 152 Å². The van der Waals surface area contributed by atoms with Crippen LogP contribution in [0.5, 0.6) is 0 Å². The summed E-state index contributed by atoms with van der Waals surface area (Å²) in [4.78, 5) is 25.2. The van der Waals surface area contributed by atoms with Gasteiger partial charge in [0.15, 0.2) is 12.4 Å². The summed E-state index contributed by atoms with van der Waals surface area (Å²) >= 11 is 0. The minimum Gasteiger partial charge on any atom is -0.462 e. The van der Waals surface area contributed by atoms with Gasteiger partial charge in [0.2, 0.25) is 0 Å². The Balaban J connectivity index is 2.38. The first-order valence-electron chi connectivity index (χ1n) is 21.2. The van der Waals surface area contributed by atoms with Gasteiger partial charge in [-0.2, -0.15) is 0 Å². The molecule has 6 atom stereocenters. The lowest BCUT2D eigenvalue weighted by atomic mass is 9.99. The fourth-order valence-corrected chi connectivity index (χ4v) is 6.06. The number of ether oxygens (including phenoxy) is 4. The number of aliphatic hydroxyl groups is 4. The SMILES string of the molecule is CCC/C=C/C/C=C/C/C=C/C/C=C/CCCCCC(=O)OC[C@@H](CO[C@H]1O[C@@H](CO)[C@@H](O)C(O)C1O)OC(=O)CCCCCCCCCCCCCC. The average Bonchev–Trinajstić information content (AvgIpc) is 3.17. The maximum absolute atomic E-state index is 12.7. The Morgan fingerprint density at radius 3 is 1.63 bits per heavy atom. The summed E-state index contributed by atoms with van der Waals surface area (Å²) in [6, 6.07) is 0. The number of allylic oxidation sites excluding steroid dienone is 8. The predicted octanol–water partition coefficient (Wildman–Crippen LogP) is 8.49. The van der Waals surface area contributed by atoms with Crippen LogP contribution in [0.4, 0.5) is 0 Å². The molecule has 4 N–H and O–H groups in total. The summed E-state index contributed by atoms with van der Waals surface area (Å²) in [6.07, 6.45) is 32.6. The molecule has 0 aliphatic carbocycles. The first-order valence-corrected chi connectivity index (χ1v) is 21.2. The van der Waals surface area contributed by atoms with E-state index >= 15 is 0 Å². The van der Waals surface area contributed by atoms with Crippen molar-refractivity contribution in [2.75, 3.05) is 19.8 Å². The Bertz CT molecular complexity index is 1020. The van der Waals surface area contributed by atoms with Crippen molar-refractivity contribution in [3.63, 3.8) is 0 Å². The summed E-state index contributed by atoms with van der Waals surface area (Å²) in [5.74, 6) is -0.844. The second-order valence-electron chi connectivity index (χ2n) is 14.4. The van der Waals surface area contributed by atoms with Crippen molar-refractivity contribution in [1.82, 2.24) is 0 Å². The lowest BCUT2D eigenvalue weighted by Gasteiger charge is -2.39. The van der Waals surface area contributed by atoms with Crippen molar-refractivity contribution in [2.24, 2.45) is 0 Å². The van der Waals surface area contributed by atoms with Crippen LogP contribution in [-0.4, -0.2) is 89.0 Å². The van der Waals surface area contributed by atoms with Crippen molar-refractivity contribution >= 4 is 11.9 Å². The molecule has 0 aromatic rings. The second-order valence-corrected chi connectivity index (χ2v) is 14.4. The van der Waals surface area contributed by atoms with Gasteiger partial charge in [-0.05, 0) is 51.4 Å². The van der Waals surface area contributed by atoms with E-state index in [1.165, 1.54) is 57.8 Å². The molecule has 0 aromatic heterocycles. The minimum atomic E-state index is -1.60. The molecule has 1 aliphatic heterocycles. The van der Waals surface area contributed by atoms with Gasteiger partial charge < -0.3 is 39.4 Å². The Labute approximate surface area is 327 Å². The van der Waals surface area contributed by atoms with Crippen molar-refractivity contribution in [2.45, 2.75) is 198 Å². The molecule has 1 saturated heterocycles. The predicted molar refractivity (Wildman–Crippen MR) is 215 cm³/mol. The smallest absolute Gasteiger partial charge is 0.306 e. The maximum Gasteiger partial charge on any atom is 0.306 e. The van der Waals surface area contributed by atoms with E-state index in [1.807, 2.05) is 0 Å². The average molecular weight is 765 g/mol. The number of carbonyl (C=O) groups excluding carboxylic acids is 2. The molecule has 54 heavy (non-hydrogen) atoms. The van der Waals surface area contributed by atoms with Crippen LogP contribution in [0.2, 0.25) is 0 Å². The van der Waals surface area contributed by atoms with Crippen molar-refractivity contribution < 1.29 is 49.0 Å². The normalized spacial score (nSPS) is 21.2. The van der Waals surface area contributed by atoms with Crippen LogP contribution < -0.4 is 0 Å². The largest absolute Gasteiger partial charge is 0.462 e. The molecule has 0 saturated carbocycles. The van der Waals surface area contributed by atoms with Gasteiger partial charge in [-0.1, -0.05) is 146 Å². The first-order chi connectivity index (χ1) is 26.3. The van der Waals surface area contributed by atoms with Gasteiger partial charge in [-0.25, -0.2) is 0 Å². The fourth-order valence-electron chi connectivity index (χ4n) is 6.06. The van der Waals surface area contributed by atoms with Crippen LogP contribution in [0.25, 0.3) is 0 Å². The Morgan fingerprint density at radius 1 is 0.574 bits per heavy atom. The zero-order valence-electron chi connectivity index (χ0n) is 33.7. The molecular formula is C44H76O10. The Hall–Kier alpha value is -2.34. The lowest BCUT2D eigenvalue weighted by molar-refractivity contribution is -0.305. The van der Waals surface area contributed by atoms with E-state index < -0.39 is 55.4 Å². The van der Waals surface area contributed by atoms with Crippen LogP contribution in [0.15, 0.2) is 48.6 Å². The molecule has 0 amide bonds. The van der Waals surface area contributed by atoms with Gasteiger partial charge >= 0.3 is 11.9 Å². The molecule has 0 spiro atoms. The van der Waals surface area contributed by atoms with E-state index in [0.717, 1.165) is 64.2 Å². The highest BCUT2D eigenvalue weighted by Crippen LogP contribution is 2.22. The Kier molecular flexibility index (Phi) is 32.3. The van der Waals surface area contributed by atoms with Crippen molar-refractivity contribution in [1.29, 1.82) is 0 Å². The molecule has 10 heteroatoms. The maximum atomic E-state index is 12.7. The van der Waals surface area contributed by atoms with E-state index in [2.05, 4.69) is 62.5 Å². The molecule has 2 unspecified atom stereocenters. The van der Waals surface area contributed by atoms with Crippen LogP contribution in [0, 0.1) is 0 Å². The van der Waals surface area contributed by atoms with Gasteiger partial charge in [-0.15, -0.1) is 0 Å². The third-order valence-corrected chi connectivity index (χ3v) is 9.45. The summed E-state index contributed by atoms with van der Waals surface area (Å²) < 4.78 is 22.1. The number of rotatable bonds is 34. The van der Waals surface area contributed by atoms with Crippen LogP contribution in [0.3, 0.4) is 0 Å². The number of aliphatic hydroxyl groups excluding tert-OH is 4. The van der Waals surface area contributed by atoms with Gasteiger partial charge in [0, 0.05) is 12.8 Å². The van der Waals surface area contributed by atoms with Gasteiger partial charge in [-0.3, -0.25) is 9.59 Å². The second kappa shape index (κ2) is 35.1. The van der Waals surface area contributed by atoms with Crippen LogP contribution in [0.1, 0.15) is 162 Å². The summed E-state index contributed by atoms with van der Waals surface area (Å²) in [7, 11) is 0. The first kappa shape index (κ1) is 49.7. The molecule has 1 rings (SSSR count). The van der Waals surface area contributed by atoms with Crippen molar-refractivity contribution in [3.8, 4) is 0 Å². The Morgan fingerprint density at radius 2 is 1.07 bits per heavy atom. The molecule has 1 heterocycles. The molecular weight excluding hydrogens is 688 g/mol. The van der Waals surface area contributed by atoms with Gasteiger partial charge in [0.1, 0.15) is 31.0 Å². The lowest BCUT2D eigenvalue weighted by Crippen LogP contribution is -2.59. The zero-order valence-corrected chi connectivity index (χ0v) is 33.7. The minimum absolute atomic E-state index is 0.223. The number of esters is 2. The number of hydrogen-bond donors (Lipinski definition) is 4. The number of unbranched alkanes of at least 4 members (excludes halogenated alkanes) is 15. The van der Waals surface area contributed by atoms with Crippen LogP contribution in [-0.2, 0) is 28.5 Å². The standard InChI is InChI=1S/C44H76O10/c1-3-5-7-9-11-13-15-17-18-19-20-21-23-24-26-28-30-32-39(46)51-35-37(36-52-44-43(50)42(49)41(48)38(34-45)54-44)53-40(47)33-31-29-27-25-22-16-14-12-10-8-6-4-2/h7,9,13,15,18-19,21,23,37-38,41-45,48-50H,3-6,8,10-12,14,16-17,20,22,24-36H2,1-2H3/b9-7+,15-13+,19-18+,23-21+/t37-,38-,41+,42?,43?,44-/m0/s1. The van der Waals surface area contributed by atoms with E-state index in [0.29, 0.717) is 12.8 Å². The quantitative estimate of drug-likeness (QED) is 0.0285. The summed E-state index contributed by atoms with van der Waals surface area (Å²) in [5, 5.41) is 40.0. The molecule has 0 aromatic carbocycles. The summed E-state index contributed by atoms with van der Waals surface area (Å²) in [5.41, 5.74) is 0. The highest BCUT2D eigenvalue weighted by molar-refractivity contribution is 5.70. The molecule has 10 nitrogen and oxygen atoms in total. The summed E-state index contributed by atoms with van der Waals surface area (Å²) in [6.45, 7) is 3.30. The van der Waals surface area contributed by atoms with E-state index in [9.17, 15) is 30.0 Å². The third-order valence-electron chi connectivity index (χ3n) is 9.45. The highest BCUT2D eigenvalue weighted by atomic mass is 16.7. The fraction of sp³-hybridized carbons (Fsp3) is 0.773. The van der Waals surface area contributed by atoms with Gasteiger partial charge in [0.25, 0.3) is 0 Å². The zero-order chi connectivity index (χ0) is 39.5. The van der Waals surface area contributed by atoms with E-state index in [4.69, 9.17) is 18.9 Å². The molecule has 0 radical (unpaired) electrons. The molecule has 1 aliphatic rings. The number of hydrogen-bond acceptors (Lipinski definition) is 10. The van der Waals surface area contributed by atoms with E-state index in [1.54, 1.807) is 0 Å². The van der Waals surface area contributed by atoms with Crippen LogP contribution >= 0.6 is 0 Å². The molecule has 312 valence electrons. The van der Waals surface area contributed by atoms with E-state index in [-0.39, 0.29) is 26.1 Å². The number of carbonyl (C=O) groups is 2. The third kappa shape index (κ3) is 26.5. The highest BCUT2D eigenvalue weighted by Gasteiger charge is 2.44.